The predicted molar refractivity (Wildman–Crippen MR) is 79.9 cm³/mol. The first kappa shape index (κ1) is 14.4. The van der Waals surface area contributed by atoms with Crippen LogP contribution in [0.3, 0.4) is 0 Å². The molecule has 0 amide bonds. The lowest BCUT2D eigenvalue weighted by atomic mass is 9.86. The molecule has 1 aliphatic heterocycles. The number of hydrogen-bond donors (Lipinski definition) is 1. The van der Waals surface area contributed by atoms with Crippen LogP contribution in [0, 0.1) is 5.92 Å². The summed E-state index contributed by atoms with van der Waals surface area (Å²) in [4.78, 5) is 0. The molecule has 1 saturated carbocycles. The van der Waals surface area contributed by atoms with Gasteiger partial charge in [0, 0.05) is 6.04 Å². The Kier molecular flexibility index (Phi) is 7.15. The molecule has 18 heavy (non-hydrogen) atoms. The van der Waals surface area contributed by atoms with Crippen molar-refractivity contribution in [3.63, 3.8) is 0 Å². The molecule has 0 aromatic heterocycles. The summed E-state index contributed by atoms with van der Waals surface area (Å²) >= 11 is 0. The third-order valence-corrected chi connectivity index (χ3v) is 5.07. The predicted octanol–water partition coefficient (Wildman–Crippen LogP) is 5.05. The van der Waals surface area contributed by atoms with Crippen molar-refractivity contribution in [3.8, 4) is 0 Å². The second-order valence-corrected chi connectivity index (χ2v) is 6.58. The minimum Gasteiger partial charge on any atom is -0.314 e. The molecule has 1 unspecified atom stereocenters. The maximum Gasteiger partial charge on any atom is 0.00953 e. The summed E-state index contributed by atoms with van der Waals surface area (Å²) in [6.07, 6.45) is 20.7. The molecule has 2 fully saturated rings. The van der Waals surface area contributed by atoms with Crippen LogP contribution in [0.15, 0.2) is 0 Å². The van der Waals surface area contributed by atoms with E-state index in [-0.39, 0.29) is 0 Å². The monoisotopic (exact) mass is 251 g/mol. The second kappa shape index (κ2) is 8.96. The molecule has 1 saturated heterocycles. The highest BCUT2D eigenvalue weighted by atomic mass is 14.9. The molecule has 0 spiro atoms. The molecular formula is C17H33N. The van der Waals surface area contributed by atoms with E-state index in [1.165, 1.54) is 96.4 Å². The van der Waals surface area contributed by atoms with Gasteiger partial charge in [0.05, 0.1) is 0 Å². The van der Waals surface area contributed by atoms with Gasteiger partial charge in [0.1, 0.15) is 0 Å². The number of nitrogens with one attached hydrogen (secondary N) is 1. The van der Waals surface area contributed by atoms with E-state index < -0.39 is 0 Å². The van der Waals surface area contributed by atoms with Crippen molar-refractivity contribution in [3.05, 3.63) is 0 Å². The molecule has 0 radical (unpaired) electrons. The van der Waals surface area contributed by atoms with E-state index >= 15 is 0 Å². The minimum atomic E-state index is 0.848. The minimum absolute atomic E-state index is 0.848. The van der Waals surface area contributed by atoms with Gasteiger partial charge in [0.2, 0.25) is 0 Å². The highest BCUT2D eigenvalue weighted by molar-refractivity contribution is 4.78. The first-order valence-electron chi connectivity index (χ1n) is 8.70. The van der Waals surface area contributed by atoms with E-state index in [1.807, 2.05) is 0 Å². The molecule has 1 heterocycles. The van der Waals surface area contributed by atoms with Crippen molar-refractivity contribution in [1.29, 1.82) is 0 Å². The van der Waals surface area contributed by atoms with Crippen LogP contribution in [0.2, 0.25) is 0 Å². The summed E-state index contributed by atoms with van der Waals surface area (Å²) in [7, 11) is 0. The van der Waals surface area contributed by atoms with Crippen LogP contribution in [0.5, 0.6) is 0 Å². The second-order valence-electron chi connectivity index (χ2n) is 6.58. The zero-order valence-corrected chi connectivity index (χ0v) is 12.3. The van der Waals surface area contributed by atoms with Crippen LogP contribution in [0.4, 0.5) is 0 Å². The van der Waals surface area contributed by atoms with Gasteiger partial charge in [-0.3, -0.25) is 0 Å². The molecule has 1 atom stereocenters. The fourth-order valence-corrected chi connectivity index (χ4v) is 3.88. The van der Waals surface area contributed by atoms with Crippen LogP contribution >= 0.6 is 0 Å². The first-order chi connectivity index (χ1) is 8.97. The van der Waals surface area contributed by atoms with E-state index in [0.717, 1.165) is 12.0 Å². The lowest BCUT2D eigenvalue weighted by Gasteiger charge is -2.28. The van der Waals surface area contributed by atoms with Crippen molar-refractivity contribution in [1.82, 2.24) is 5.32 Å². The highest BCUT2D eigenvalue weighted by Crippen LogP contribution is 2.27. The number of rotatable bonds is 1. The molecule has 0 aromatic carbocycles. The fourth-order valence-electron chi connectivity index (χ4n) is 3.88. The summed E-state index contributed by atoms with van der Waals surface area (Å²) in [6.45, 7) is 1.28. The van der Waals surface area contributed by atoms with E-state index in [1.54, 1.807) is 0 Å². The van der Waals surface area contributed by atoms with Crippen molar-refractivity contribution >= 4 is 0 Å². The molecule has 106 valence electrons. The molecule has 1 aliphatic carbocycles. The van der Waals surface area contributed by atoms with Gasteiger partial charge in [-0.05, 0) is 38.1 Å². The van der Waals surface area contributed by atoms with Gasteiger partial charge in [-0.25, -0.2) is 0 Å². The van der Waals surface area contributed by atoms with Gasteiger partial charge in [0.25, 0.3) is 0 Å². The molecule has 1 N–H and O–H groups in total. The molecule has 1 heteroatoms. The van der Waals surface area contributed by atoms with Gasteiger partial charge >= 0.3 is 0 Å². The standard InChI is InChI=1S/C17H33N/c1-2-5-9-13-16(12-8-4-1)17-14-10-6-3-7-11-15-18-17/h16-18H,1-15H2. The van der Waals surface area contributed by atoms with Crippen molar-refractivity contribution in [2.75, 3.05) is 6.54 Å². The van der Waals surface area contributed by atoms with Gasteiger partial charge in [-0.15, -0.1) is 0 Å². The Morgan fingerprint density at radius 3 is 1.67 bits per heavy atom. The zero-order chi connectivity index (χ0) is 12.5. The molecule has 0 bridgehead atoms. The summed E-state index contributed by atoms with van der Waals surface area (Å²) in [5.41, 5.74) is 0. The van der Waals surface area contributed by atoms with E-state index in [2.05, 4.69) is 5.32 Å². The summed E-state index contributed by atoms with van der Waals surface area (Å²) < 4.78 is 0. The largest absolute Gasteiger partial charge is 0.314 e. The fraction of sp³-hybridized carbons (Fsp3) is 1.00. The van der Waals surface area contributed by atoms with Gasteiger partial charge in [0.15, 0.2) is 0 Å². The van der Waals surface area contributed by atoms with Crippen molar-refractivity contribution < 1.29 is 0 Å². The Hall–Kier alpha value is -0.0400. The molecular weight excluding hydrogens is 218 g/mol. The Bertz CT molecular complexity index is 160. The Morgan fingerprint density at radius 2 is 1.00 bits per heavy atom. The Morgan fingerprint density at radius 1 is 0.500 bits per heavy atom. The maximum absolute atomic E-state index is 3.90. The van der Waals surface area contributed by atoms with Crippen LogP contribution in [0.25, 0.3) is 0 Å². The molecule has 1 nitrogen and oxygen atoms in total. The summed E-state index contributed by atoms with van der Waals surface area (Å²) in [6, 6.07) is 0.848. The smallest absolute Gasteiger partial charge is 0.00953 e. The lowest BCUT2D eigenvalue weighted by Crippen LogP contribution is -2.36. The Labute approximate surface area is 114 Å². The van der Waals surface area contributed by atoms with Crippen LogP contribution in [0.1, 0.15) is 89.9 Å². The molecule has 2 aliphatic rings. The van der Waals surface area contributed by atoms with E-state index in [9.17, 15) is 0 Å². The van der Waals surface area contributed by atoms with Gasteiger partial charge < -0.3 is 5.32 Å². The normalized spacial score (nSPS) is 30.3. The maximum atomic E-state index is 3.90. The third-order valence-electron chi connectivity index (χ3n) is 5.07. The third kappa shape index (κ3) is 5.30. The number of hydrogen-bond acceptors (Lipinski definition) is 1. The quantitative estimate of drug-likeness (QED) is 0.687. The van der Waals surface area contributed by atoms with Crippen molar-refractivity contribution in [2.45, 2.75) is 95.9 Å². The average molecular weight is 251 g/mol. The van der Waals surface area contributed by atoms with Gasteiger partial charge in [-0.2, -0.15) is 0 Å². The lowest BCUT2D eigenvalue weighted by molar-refractivity contribution is 0.289. The van der Waals surface area contributed by atoms with Crippen molar-refractivity contribution in [2.24, 2.45) is 5.92 Å². The molecule has 2 rings (SSSR count). The summed E-state index contributed by atoms with van der Waals surface area (Å²) in [5, 5.41) is 3.90. The first-order valence-corrected chi connectivity index (χ1v) is 8.70. The SMILES string of the molecule is C1CCCCC(C2CCCCCCCN2)CCC1. The molecule has 0 aromatic rings. The van der Waals surface area contributed by atoms with Gasteiger partial charge in [-0.1, -0.05) is 64.2 Å². The Balaban J connectivity index is 1.83. The van der Waals surface area contributed by atoms with E-state index in [4.69, 9.17) is 0 Å². The summed E-state index contributed by atoms with van der Waals surface area (Å²) in [5.74, 6) is 0.987. The zero-order valence-electron chi connectivity index (χ0n) is 12.3. The van der Waals surface area contributed by atoms with Crippen LogP contribution in [-0.4, -0.2) is 12.6 Å². The van der Waals surface area contributed by atoms with Crippen LogP contribution < -0.4 is 5.32 Å². The van der Waals surface area contributed by atoms with Crippen LogP contribution in [-0.2, 0) is 0 Å². The topological polar surface area (TPSA) is 12.0 Å². The highest BCUT2D eigenvalue weighted by Gasteiger charge is 2.21. The average Bonchev–Trinajstić information content (AvgIpc) is 2.61. The van der Waals surface area contributed by atoms with E-state index in [0.29, 0.717) is 0 Å².